The van der Waals surface area contributed by atoms with Crippen LogP contribution in [0, 0.1) is 13.8 Å². The van der Waals surface area contributed by atoms with E-state index in [1.54, 1.807) is 12.1 Å². The van der Waals surface area contributed by atoms with E-state index in [0.29, 0.717) is 22.7 Å². The maximum atomic E-state index is 11.0. The molecule has 0 aliphatic carbocycles. The van der Waals surface area contributed by atoms with Gasteiger partial charge in [0, 0.05) is 18.7 Å². The lowest BCUT2D eigenvalue weighted by atomic mass is 10.1. The molecule has 0 fully saturated rings. The summed E-state index contributed by atoms with van der Waals surface area (Å²) in [4.78, 5) is 15.5. The number of aromatic nitrogens is 1. The number of aromatic hydroxyl groups is 1. The van der Waals surface area contributed by atoms with Crippen LogP contribution in [0.3, 0.4) is 0 Å². The number of oxazole rings is 1. The second-order valence-electron chi connectivity index (χ2n) is 5.34. The molecule has 112 valence electrons. The first-order valence-electron chi connectivity index (χ1n) is 6.93. The van der Waals surface area contributed by atoms with E-state index < -0.39 is 0 Å². The summed E-state index contributed by atoms with van der Waals surface area (Å²) in [5.41, 5.74) is 4.71. The summed E-state index contributed by atoms with van der Waals surface area (Å²) >= 11 is 0. The van der Waals surface area contributed by atoms with Gasteiger partial charge in [-0.1, -0.05) is 0 Å². The first kappa shape index (κ1) is 14.1. The van der Waals surface area contributed by atoms with Gasteiger partial charge in [0.2, 0.25) is 11.8 Å². The Balaban J connectivity index is 2.05. The van der Waals surface area contributed by atoms with Crippen molar-refractivity contribution in [1.82, 2.24) is 4.98 Å². The summed E-state index contributed by atoms with van der Waals surface area (Å²) in [6.07, 6.45) is 0. The van der Waals surface area contributed by atoms with Crippen LogP contribution >= 0.6 is 0 Å². The summed E-state index contributed by atoms with van der Waals surface area (Å²) in [7, 11) is 0. The number of carbonyl (C=O) groups excluding carboxylic acids is 1. The summed E-state index contributed by atoms with van der Waals surface area (Å²) < 4.78 is 5.73. The summed E-state index contributed by atoms with van der Waals surface area (Å²) in [5, 5.41) is 12.8. The number of nitrogens with one attached hydrogen (secondary N) is 1. The molecular weight excluding hydrogens is 280 g/mol. The number of fused-ring (bicyclic) bond motifs is 1. The third-order valence-electron chi connectivity index (χ3n) is 3.55. The Bertz CT molecular complexity index is 842. The average molecular weight is 296 g/mol. The molecule has 1 heterocycles. The molecule has 0 bridgehead atoms. The molecule has 0 saturated carbocycles. The van der Waals surface area contributed by atoms with Crippen LogP contribution < -0.4 is 5.32 Å². The quantitative estimate of drug-likeness (QED) is 0.754. The van der Waals surface area contributed by atoms with Crippen LogP contribution in [0.2, 0.25) is 0 Å². The number of nitrogens with zero attached hydrogens (tertiary/aromatic N) is 1. The van der Waals surface area contributed by atoms with Gasteiger partial charge in [-0.25, -0.2) is 4.98 Å². The highest BCUT2D eigenvalue weighted by Crippen LogP contribution is 2.33. The molecule has 0 unspecified atom stereocenters. The van der Waals surface area contributed by atoms with Gasteiger partial charge in [-0.05, 0) is 49.2 Å². The number of hydrogen-bond acceptors (Lipinski definition) is 4. The molecular formula is C17H16N2O3. The smallest absolute Gasteiger partial charge is 0.231 e. The van der Waals surface area contributed by atoms with Crippen molar-refractivity contribution < 1.29 is 14.3 Å². The molecule has 0 atom stereocenters. The van der Waals surface area contributed by atoms with Crippen LogP contribution in [0.4, 0.5) is 5.69 Å². The predicted octanol–water partition coefficient (Wildman–Crippen LogP) is 3.78. The topological polar surface area (TPSA) is 75.4 Å². The van der Waals surface area contributed by atoms with Gasteiger partial charge in [0.15, 0.2) is 5.58 Å². The lowest BCUT2D eigenvalue weighted by Crippen LogP contribution is -2.05. The molecule has 2 aromatic carbocycles. The standard InChI is InChI=1S/C17H16N2O3/c1-9-6-14-16(7-10(9)2)22-17(19-14)13-5-4-12(8-15(13)21)18-11(3)20/h4-8,21H,1-3H3,(H,18,20). The van der Waals surface area contributed by atoms with Crippen LogP contribution in [0.25, 0.3) is 22.6 Å². The van der Waals surface area contributed by atoms with Gasteiger partial charge in [0.05, 0.1) is 5.56 Å². The third-order valence-corrected chi connectivity index (χ3v) is 3.55. The van der Waals surface area contributed by atoms with Gasteiger partial charge in [-0.2, -0.15) is 0 Å². The number of phenols is 1. The Kier molecular flexibility index (Phi) is 3.33. The average Bonchev–Trinajstić information content (AvgIpc) is 2.81. The van der Waals surface area contributed by atoms with Crippen LogP contribution in [-0.2, 0) is 4.79 Å². The van der Waals surface area contributed by atoms with Crippen molar-refractivity contribution in [3.63, 3.8) is 0 Å². The fraction of sp³-hybridized carbons (Fsp3) is 0.176. The zero-order valence-electron chi connectivity index (χ0n) is 12.6. The number of carbonyl (C=O) groups is 1. The first-order valence-corrected chi connectivity index (χ1v) is 6.93. The van der Waals surface area contributed by atoms with Gasteiger partial charge in [0.25, 0.3) is 0 Å². The lowest BCUT2D eigenvalue weighted by molar-refractivity contribution is -0.114. The van der Waals surface area contributed by atoms with Gasteiger partial charge in [-0.15, -0.1) is 0 Å². The maximum Gasteiger partial charge on any atom is 0.231 e. The van der Waals surface area contributed by atoms with Crippen molar-refractivity contribution in [3.8, 4) is 17.2 Å². The van der Waals surface area contributed by atoms with E-state index in [-0.39, 0.29) is 11.7 Å². The van der Waals surface area contributed by atoms with Crippen molar-refractivity contribution in [3.05, 3.63) is 41.5 Å². The van der Waals surface area contributed by atoms with E-state index >= 15 is 0 Å². The molecule has 2 N–H and O–H groups in total. The van der Waals surface area contributed by atoms with Crippen LogP contribution in [0.1, 0.15) is 18.1 Å². The summed E-state index contributed by atoms with van der Waals surface area (Å²) in [6, 6.07) is 8.74. The second-order valence-corrected chi connectivity index (χ2v) is 5.34. The highest BCUT2D eigenvalue weighted by atomic mass is 16.3. The van der Waals surface area contributed by atoms with E-state index in [1.165, 1.54) is 13.0 Å². The molecule has 0 saturated heterocycles. The molecule has 3 aromatic rings. The van der Waals surface area contributed by atoms with Crippen LogP contribution in [0.15, 0.2) is 34.7 Å². The van der Waals surface area contributed by atoms with Gasteiger partial charge < -0.3 is 14.8 Å². The number of phenolic OH excluding ortho intramolecular Hbond substituents is 1. The molecule has 0 aliphatic rings. The summed E-state index contributed by atoms with van der Waals surface area (Å²) in [5.74, 6) is 0.165. The number of rotatable bonds is 2. The zero-order chi connectivity index (χ0) is 15.9. The normalized spacial score (nSPS) is 10.9. The Labute approximate surface area is 127 Å². The fourth-order valence-electron chi connectivity index (χ4n) is 2.29. The largest absolute Gasteiger partial charge is 0.507 e. The van der Waals surface area contributed by atoms with Gasteiger partial charge >= 0.3 is 0 Å². The van der Waals surface area contributed by atoms with Gasteiger partial charge in [-0.3, -0.25) is 4.79 Å². The van der Waals surface area contributed by atoms with Crippen molar-refractivity contribution in [2.24, 2.45) is 0 Å². The zero-order valence-corrected chi connectivity index (χ0v) is 12.6. The Morgan fingerprint density at radius 3 is 2.59 bits per heavy atom. The van der Waals surface area contributed by atoms with E-state index in [0.717, 1.165) is 16.6 Å². The number of aryl methyl sites for hydroxylation is 2. The highest BCUT2D eigenvalue weighted by Gasteiger charge is 2.13. The second kappa shape index (κ2) is 5.18. The SMILES string of the molecule is CC(=O)Nc1ccc(-c2nc3cc(C)c(C)cc3o2)c(O)c1. The fourth-order valence-corrected chi connectivity index (χ4v) is 2.29. The first-order chi connectivity index (χ1) is 10.4. The number of amides is 1. The van der Waals surface area contributed by atoms with Crippen molar-refractivity contribution >= 4 is 22.7 Å². The van der Waals surface area contributed by atoms with E-state index in [2.05, 4.69) is 10.3 Å². The maximum absolute atomic E-state index is 11.0. The molecule has 3 rings (SSSR count). The Morgan fingerprint density at radius 2 is 1.91 bits per heavy atom. The molecule has 22 heavy (non-hydrogen) atoms. The number of anilines is 1. The molecule has 0 aliphatic heterocycles. The minimum Gasteiger partial charge on any atom is -0.507 e. The summed E-state index contributed by atoms with van der Waals surface area (Å²) in [6.45, 7) is 5.44. The number of hydrogen-bond donors (Lipinski definition) is 2. The third kappa shape index (κ3) is 2.53. The van der Waals surface area contributed by atoms with Crippen LogP contribution in [-0.4, -0.2) is 16.0 Å². The monoisotopic (exact) mass is 296 g/mol. The van der Waals surface area contributed by atoms with Crippen LogP contribution in [0.5, 0.6) is 5.75 Å². The highest BCUT2D eigenvalue weighted by molar-refractivity contribution is 5.89. The molecule has 0 spiro atoms. The minimum absolute atomic E-state index is 0.00579. The molecule has 0 radical (unpaired) electrons. The van der Waals surface area contributed by atoms with Crippen molar-refractivity contribution in [2.45, 2.75) is 20.8 Å². The Hall–Kier alpha value is -2.82. The van der Waals surface area contributed by atoms with Gasteiger partial charge in [0.1, 0.15) is 11.3 Å². The molecule has 5 heteroatoms. The molecule has 1 aromatic heterocycles. The van der Waals surface area contributed by atoms with E-state index in [1.807, 2.05) is 26.0 Å². The number of benzene rings is 2. The Morgan fingerprint density at radius 1 is 1.18 bits per heavy atom. The lowest BCUT2D eigenvalue weighted by Gasteiger charge is -2.05. The van der Waals surface area contributed by atoms with Crippen molar-refractivity contribution in [2.75, 3.05) is 5.32 Å². The van der Waals surface area contributed by atoms with E-state index in [9.17, 15) is 9.90 Å². The van der Waals surface area contributed by atoms with Crippen molar-refractivity contribution in [1.29, 1.82) is 0 Å². The minimum atomic E-state index is -0.194. The molecule has 5 nitrogen and oxygen atoms in total. The molecule has 1 amide bonds. The predicted molar refractivity (Wildman–Crippen MR) is 84.9 cm³/mol. The van der Waals surface area contributed by atoms with E-state index in [4.69, 9.17) is 4.42 Å².